The molecular formula is C25H28N8O2. The number of H-pyrrole nitrogens is 1. The molecule has 10 heteroatoms. The molecule has 4 aromatic rings. The van der Waals surface area contributed by atoms with Crippen molar-refractivity contribution in [2.75, 3.05) is 23.9 Å². The lowest BCUT2D eigenvalue weighted by atomic mass is 9.89. The van der Waals surface area contributed by atoms with E-state index in [1.165, 1.54) is 12.8 Å². The van der Waals surface area contributed by atoms with E-state index in [-0.39, 0.29) is 12.2 Å². The number of carbonyl (C=O) groups excluding carboxylic acids is 1. The number of aromatic nitrogens is 6. The summed E-state index contributed by atoms with van der Waals surface area (Å²) >= 11 is 0. The van der Waals surface area contributed by atoms with Crippen LogP contribution in [-0.2, 0) is 11.2 Å². The SMILES string of the molecule is COc1ccc(CC(=O)[C@]2(C)CCCN2c2nc(Nc3cc(C4CC4)[nH]n3)c3cccn3n2)cn1. The molecule has 6 rings (SSSR count). The van der Waals surface area contributed by atoms with Crippen LogP contribution in [0.2, 0.25) is 0 Å². The molecule has 1 aliphatic heterocycles. The summed E-state index contributed by atoms with van der Waals surface area (Å²) in [5.74, 6) is 3.15. The summed E-state index contributed by atoms with van der Waals surface area (Å²) in [4.78, 5) is 24.7. The highest BCUT2D eigenvalue weighted by molar-refractivity contribution is 5.93. The highest BCUT2D eigenvalue weighted by atomic mass is 16.5. The third-order valence-corrected chi connectivity index (χ3v) is 7.10. The van der Waals surface area contributed by atoms with Gasteiger partial charge in [0.15, 0.2) is 17.4 Å². The maximum Gasteiger partial charge on any atom is 0.246 e. The van der Waals surface area contributed by atoms with E-state index >= 15 is 0 Å². The van der Waals surface area contributed by atoms with E-state index in [1.807, 2.05) is 42.3 Å². The van der Waals surface area contributed by atoms with Gasteiger partial charge in [-0.1, -0.05) is 6.07 Å². The van der Waals surface area contributed by atoms with Crippen LogP contribution >= 0.6 is 0 Å². The smallest absolute Gasteiger partial charge is 0.246 e. The van der Waals surface area contributed by atoms with Crippen LogP contribution in [0.1, 0.15) is 49.8 Å². The standard InChI is InChI=1S/C25H28N8O2/c1-25(20(34)13-16-6-9-22(35-2)26-15-16)10-4-11-32(25)24-28-23(19-5-3-12-33(19)31-24)27-21-14-18(29-30-21)17-7-8-17/h3,5-6,9,12,14-15,17H,4,7-8,10-11,13H2,1-2H3,(H2,27,28,29,30,31)/t25-/m0/s1. The summed E-state index contributed by atoms with van der Waals surface area (Å²) in [6.45, 7) is 2.70. The number of fused-ring (bicyclic) bond motifs is 1. The van der Waals surface area contributed by atoms with E-state index < -0.39 is 5.54 Å². The fraction of sp³-hybridized carbons (Fsp3) is 0.400. The van der Waals surface area contributed by atoms with E-state index in [9.17, 15) is 4.79 Å². The third kappa shape index (κ3) is 3.98. The van der Waals surface area contributed by atoms with Crippen molar-refractivity contribution in [1.29, 1.82) is 0 Å². The number of hydrogen-bond donors (Lipinski definition) is 2. The average molecular weight is 473 g/mol. The van der Waals surface area contributed by atoms with Gasteiger partial charge >= 0.3 is 0 Å². The van der Waals surface area contributed by atoms with E-state index in [1.54, 1.807) is 23.9 Å². The van der Waals surface area contributed by atoms with Crippen LogP contribution in [0.4, 0.5) is 17.6 Å². The first-order chi connectivity index (χ1) is 17.0. The largest absolute Gasteiger partial charge is 0.481 e. The zero-order chi connectivity index (χ0) is 24.0. The van der Waals surface area contributed by atoms with Gasteiger partial charge in [-0.05, 0) is 50.3 Å². The molecule has 2 N–H and O–H groups in total. The van der Waals surface area contributed by atoms with Crippen molar-refractivity contribution in [2.45, 2.75) is 50.5 Å². The van der Waals surface area contributed by atoms with Crippen molar-refractivity contribution in [3.63, 3.8) is 0 Å². The van der Waals surface area contributed by atoms with Gasteiger partial charge in [0.1, 0.15) is 5.52 Å². The molecule has 2 aliphatic rings. The van der Waals surface area contributed by atoms with Gasteiger partial charge in [-0.25, -0.2) is 9.50 Å². The number of anilines is 3. The minimum Gasteiger partial charge on any atom is -0.481 e. The maximum atomic E-state index is 13.5. The Labute approximate surface area is 202 Å². The summed E-state index contributed by atoms with van der Waals surface area (Å²) in [6.07, 6.45) is 7.93. The summed E-state index contributed by atoms with van der Waals surface area (Å²) in [7, 11) is 1.58. The first-order valence-corrected chi connectivity index (χ1v) is 12.0. The van der Waals surface area contributed by atoms with Crippen LogP contribution in [0.15, 0.2) is 42.7 Å². The second-order valence-electron chi connectivity index (χ2n) is 9.54. The Morgan fingerprint density at radius 2 is 2.20 bits per heavy atom. The summed E-state index contributed by atoms with van der Waals surface area (Å²) in [5, 5.41) is 15.7. The first-order valence-electron chi connectivity index (χ1n) is 12.0. The summed E-state index contributed by atoms with van der Waals surface area (Å²) in [5.41, 5.74) is 2.15. The van der Waals surface area contributed by atoms with Gasteiger partial charge in [0.2, 0.25) is 11.8 Å². The molecule has 180 valence electrons. The number of pyridine rings is 1. The number of nitrogens with zero attached hydrogens (tertiary/aromatic N) is 6. The van der Waals surface area contributed by atoms with Gasteiger partial charge in [-0.2, -0.15) is 10.1 Å². The molecular weight excluding hydrogens is 444 g/mol. The monoisotopic (exact) mass is 472 g/mol. The van der Waals surface area contributed by atoms with Gasteiger partial charge in [0.05, 0.1) is 12.6 Å². The Balaban J connectivity index is 1.29. The number of nitrogens with one attached hydrogen (secondary N) is 2. The van der Waals surface area contributed by atoms with Gasteiger partial charge in [0.25, 0.3) is 0 Å². The molecule has 10 nitrogen and oxygen atoms in total. The predicted octanol–water partition coefficient (Wildman–Crippen LogP) is 3.65. The normalized spacial score (nSPS) is 19.9. The van der Waals surface area contributed by atoms with Gasteiger partial charge in [-0.3, -0.25) is 9.89 Å². The van der Waals surface area contributed by atoms with Crippen LogP contribution in [0, 0.1) is 0 Å². The highest BCUT2D eigenvalue weighted by Crippen LogP contribution is 2.40. The third-order valence-electron chi connectivity index (χ3n) is 7.10. The van der Waals surface area contributed by atoms with Gasteiger partial charge in [-0.15, -0.1) is 5.10 Å². The Bertz CT molecular complexity index is 1370. The number of Topliss-reactive ketones (excluding diaryl/α,β-unsaturated/α-hetero) is 1. The molecule has 5 heterocycles. The second-order valence-corrected chi connectivity index (χ2v) is 9.54. The Morgan fingerprint density at radius 3 is 2.97 bits per heavy atom. The first kappa shape index (κ1) is 21.6. The fourth-order valence-electron chi connectivity index (χ4n) is 4.84. The van der Waals surface area contributed by atoms with E-state index in [2.05, 4.69) is 20.5 Å². The molecule has 4 aromatic heterocycles. The minimum absolute atomic E-state index is 0.119. The number of rotatable bonds is 8. The van der Waals surface area contributed by atoms with Crippen molar-refractivity contribution < 1.29 is 9.53 Å². The van der Waals surface area contributed by atoms with Crippen LogP contribution in [0.25, 0.3) is 5.52 Å². The molecule has 0 spiro atoms. The van der Waals surface area contributed by atoms with Gasteiger partial charge < -0.3 is 15.0 Å². The van der Waals surface area contributed by atoms with Crippen molar-refractivity contribution in [2.24, 2.45) is 0 Å². The molecule has 0 unspecified atom stereocenters. The maximum absolute atomic E-state index is 13.5. The molecule has 0 radical (unpaired) electrons. The van der Waals surface area contributed by atoms with E-state index in [0.29, 0.717) is 30.1 Å². The molecule has 1 saturated heterocycles. The Morgan fingerprint density at radius 1 is 1.31 bits per heavy atom. The van der Waals surface area contributed by atoms with Crippen molar-refractivity contribution in [3.8, 4) is 5.88 Å². The van der Waals surface area contributed by atoms with Crippen molar-refractivity contribution in [3.05, 3.63) is 54.0 Å². The van der Waals surface area contributed by atoms with Crippen molar-refractivity contribution >= 4 is 28.9 Å². The second kappa shape index (κ2) is 8.37. The highest BCUT2D eigenvalue weighted by Gasteiger charge is 2.44. The van der Waals surface area contributed by atoms with Crippen LogP contribution < -0.4 is 15.0 Å². The van der Waals surface area contributed by atoms with E-state index in [0.717, 1.165) is 35.4 Å². The zero-order valence-corrected chi connectivity index (χ0v) is 19.9. The molecule has 0 amide bonds. The number of ketones is 1. The Kier molecular flexibility index (Phi) is 5.16. The van der Waals surface area contributed by atoms with Crippen molar-refractivity contribution in [1.82, 2.24) is 29.8 Å². The molecule has 0 bridgehead atoms. The lowest BCUT2D eigenvalue weighted by molar-refractivity contribution is -0.122. The molecule has 1 aliphatic carbocycles. The predicted molar refractivity (Wildman–Crippen MR) is 131 cm³/mol. The average Bonchev–Trinajstić information content (AvgIpc) is 3.23. The topological polar surface area (TPSA) is 113 Å². The number of methoxy groups -OCH3 is 1. The number of aromatic amines is 1. The Hall–Kier alpha value is -3.95. The molecule has 1 saturated carbocycles. The molecule has 1 atom stereocenters. The molecule has 0 aromatic carbocycles. The van der Waals surface area contributed by atoms with Crippen LogP contribution in [0.5, 0.6) is 5.88 Å². The minimum atomic E-state index is -0.705. The lowest BCUT2D eigenvalue weighted by Gasteiger charge is -2.34. The quantitative estimate of drug-likeness (QED) is 0.400. The summed E-state index contributed by atoms with van der Waals surface area (Å²) in [6, 6.07) is 9.61. The van der Waals surface area contributed by atoms with E-state index in [4.69, 9.17) is 14.8 Å². The van der Waals surface area contributed by atoms with Crippen LogP contribution in [0.3, 0.4) is 0 Å². The number of hydrogen-bond acceptors (Lipinski definition) is 8. The number of carbonyl (C=O) groups is 1. The van der Waals surface area contributed by atoms with Gasteiger partial charge in [0, 0.05) is 49.1 Å². The molecule has 35 heavy (non-hydrogen) atoms. The lowest BCUT2D eigenvalue weighted by Crippen LogP contribution is -2.49. The number of ether oxygens (including phenoxy) is 1. The zero-order valence-electron chi connectivity index (χ0n) is 19.9. The fourth-order valence-corrected chi connectivity index (χ4v) is 4.84. The molecule has 2 fully saturated rings. The van der Waals surface area contributed by atoms with Crippen LogP contribution in [-0.4, -0.2) is 54.8 Å². The summed E-state index contributed by atoms with van der Waals surface area (Å²) < 4.78 is 6.93.